The zero-order valence-corrected chi connectivity index (χ0v) is 18.2. The molecule has 28 heavy (non-hydrogen) atoms. The Labute approximate surface area is 167 Å². The van der Waals surface area contributed by atoms with E-state index >= 15 is 0 Å². The predicted octanol–water partition coefficient (Wildman–Crippen LogP) is -1.35. The van der Waals surface area contributed by atoms with Gasteiger partial charge in [-0.1, -0.05) is 20.3 Å². The molecule has 0 amide bonds. The van der Waals surface area contributed by atoms with Crippen LogP contribution in [0, 0.1) is 5.41 Å². The van der Waals surface area contributed by atoms with Gasteiger partial charge >= 0.3 is 17.2 Å². The number of ether oxygens (including phenoxy) is 2. The van der Waals surface area contributed by atoms with Crippen LogP contribution in [-0.2, 0) is 9.47 Å². The average Bonchev–Trinajstić information content (AvgIpc) is 2.60. The maximum absolute atomic E-state index is 10.7. The molecular weight excluding hydrogens is 422 g/mol. The summed E-state index contributed by atoms with van der Waals surface area (Å²) in [6.45, 7) is 3.09. The van der Waals surface area contributed by atoms with Crippen molar-refractivity contribution in [2.45, 2.75) is 51.4 Å². The molecule has 0 spiro atoms. The lowest BCUT2D eigenvalue weighted by Gasteiger charge is -2.47. The molecule has 0 fully saturated rings. The average molecular weight is 458 g/mol. The van der Waals surface area contributed by atoms with Crippen molar-refractivity contribution in [1.29, 1.82) is 0 Å². The van der Waals surface area contributed by atoms with E-state index < -0.39 is 47.7 Å². The van der Waals surface area contributed by atoms with Gasteiger partial charge in [-0.15, -0.1) is 0 Å². The van der Waals surface area contributed by atoms with E-state index in [-0.39, 0.29) is 19.4 Å². The summed E-state index contributed by atoms with van der Waals surface area (Å²) >= 11 is 0. The Bertz CT molecular complexity index is 322. The molecule has 0 saturated carbocycles. The summed E-state index contributed by atoms with van der Waals surface area (Å²) < 4.78 is 10.4. The molecule has 0 aliphatic rings. The predicted molar refractivity (Wildman–Crippen MR) is 102 cm³/mol. The lowest BCUT2D eigenvalue weighted by Crippen LogP contribution is -2.61. The molecule has 0 aliphatic heterocycles. The summed E-state index contributed by atoms with van der Waals surface area (Å²) in [5.41, 5.74) is -1.53. The molecule has 0 heterocycles. The summed E-state index contributed by atoms with van der Waals surface area (Å²) in [4.78, 5) is 43.4. The molecule has 174 valence electrons. The number of hydrogen-bond acceptors (Lipinski definition) is 12. The first-order valence-corrected chi connectivity index (χ1v) is 10.8. The summed E-state index contributed by atoms with van der Waals surface area (Å²) in [5.74, 6) is -1.78. The third-order valence-electron chi connectivity index (χ3n) is 3.89. The van der Waals surface area contributed by atoms with Gasteiger partial charge in [0, 0.05) is 13.7 Å². The van der Waals surface area contributed by atoms with Crippen molar-refractivity contribution in [3.05, 3.63) is 0 Å². The van der Waals surface area contributed by atoms with E-state index in [1.165, 1.54) is 7.11 Å². The second kappa shape index (κ2) is 19.3. The van der Waals surface area contributed by atoms with E-state index in [0.717, 1.165) is 12.8 Å². The van der Waals surface area contributed by atoms with E-state index in [2.05, 4.69) is 0 Å². The fraction of sp³-hybridized carbons (Fsp3) is 1.00. The number of unbranched alkanes of at least 4 members (excludes halogenated alkanes) is 1. The Morgan fingerprint density at radius 3 is 1.61 bits per heavy atom. The van der Waals surface area contributed by atoms with Crippen LogP contribution in [0.3, 0.4) is 0 Å². The molecule has 2 unspecified atom stereocenters. The Morgan fingerprint density at radius 1 is 0.893 bits per heavy atom. The molecule has 12 nitrogen and oxygen atoms in total. The highest BCUT2D eigenvalue weighted by Crippen LogP contribution is 2.39. The van der Waals surface area contributed by atoms with Crippen LogP contribution in [0.25, 0.3) is 0 Å². The molecule has 0 aliphatic carbocycles. The van der Waals surface area contributed by atoms with Gasteiger partial charge in [-0.3, -0.25) is 0 Å². The molecule has 0 rings (SSSR count). The largest absolute Gasteiger partial charge is 0.395 e. The minimum Gasteiger partial charge on any atom is -0.395 e. The Hall–Kier alpha value is 0.380. The quantitative estimate of drug-likeness (QED) is 0.0932. The first kappa shape index (κ1) is 33.0. The summed E-state index contributed by atoms with van der Waals surface area (Å²) in [5, 5.41) is 40.3. The number of rotatable bonds is 12. The third kappa shape index (κ3) is 14.4. The highest BCUT2D eigenvalue weighted by atomic mass is 31.2. The van der Waals surface area contributed by atoms with Gasteiger partial charge in [0.15, 0.2) is 5.79 Å². The number of aliphatic hydroxyl groups excluding tert-OH is 3. The molecule has 0 aromatic heterocycles. The van der Waals surface area contributed by atoms with Crippen molar-refractivity contribution in [3.8, 4) is 0 Å². The maximum Gasteiger partial charge on any atom is 0.324 e. The molecule has 0 aromatic rings. The number of aliphatic hydroxyl groups is 4. The van der Waals surface area contributed by atoms with Crippen LogP contribution < -0.4 is 0 Å². The van der Waals surface area contributed by atoms with Crippen LogP contribution in [0.1, 0.15) is 39.5 Å². The van der Waals surface area contributed by atoms with E-state index in [1.807, 2.05) is 6.92 Å². The standard InChI is InChI=1S/C14H30O6.2H3O3P/c1-4-6-8-20-14(18,5-2)13(10-15,11-16)12(17)7-9-19-3;2*1-4(2)3/h12,15-18H,4-11H2,1-3H3;2*1-3H. The minimum absolute atomic E-state index is 0.155. The maximum atomic E-state index is 10.7. The summed E-state index contributed by atoms with van der Waals surface area (Å²) in [7, 11) is -3.74. The van der Waals surface area contributed by atoms with Gasteiger partial charge in [-0.25, -0.2) is 0 Å². The zero-order valence-electron chi connectivity index (χ0n) is 16.4. The minimum atomic E-state index is -2.62. The van der Waals surface area contributed by atoms with Crippen LogP contribution in [0.4, 0.5) is 0 Å². The Kier molecular flexibility index (Phi) is 22.8. The molecule has 2 atom stereocenters. The second-order valence-electron chi connectivity index (χ2n) is 5.65. The van der Waals surface area contributed by atoms with Crippen molar-refractivity contribution in [2.75, 3.05) is 33.5 Å². The summed E-state index contributed by atoms with van der Waals surface area (Å²) in [6.07, 6.45) is 0.864. The molecule has 0 aromatic carbocycles. The van der Waals surface area contributed by atoms with Crippen LogP contribution >= 0.6 is 17.2 Å². The summed E-state index contributed by atoms with van der Waals surface area (Å²) in [6, 6.07) is 0. The fourth-order valence-corrected chi connectivity index (χ4v) is 2.26. The van der Waals surface area contributed by atoms with E-state index in [9.17, 15) is 20.4 Å². The Balaban J connectivity index is -0.000000656. The van der Waals surface area contributed by atoms with Crippen LogP contribution in [0.5, 0.6) is 0 Å². The van der Waals surface area contributed by atoms with Gasteiger partial charge in [-0.2, -0.15) is 0 Å². The van der Waals surface area contributed by atoms with Crippen LogP contribution in [-0.4, -0.2) is 95.2 Å². The molecule has 0 radical (unpaired) electrons. The molecule has 0 bridgehead atoms. The third-order valence-corrected chi connectivity index (χ3v) is 3.89. The number of methoxy groups -OCH3 is 1. The highest BCUT2D eigenvalue weighted by Gasteiger charge is 2.54. The lowest BCUT2D eigenvalue weighted by atomic mass is 9.73. The van der Waals surface area contributed by atoms with E-state index in [4.69, 9.17) is 38.8 Å². The van der Waals surface area contributed by atoms with Gasteiger partial charge < -0.3 is 59.3 Å². The van der Waals surface area contributed by atoms with Crippen molar-refractivity contribution in [2.24, 2.45) is 5.41 Å². The zero-order chi connectivity index (χ0) is 22.8. The lowest BCUT2D eigenvalue weighted by molar-refractivity contribution is -0.315. The van der Waals surface area contributed by atoms with Crippen LogP contribution in [0.15, 0.2) is 0 Å². The number of hydrogen-bond donors (Lipinski definition) is 10. The molecular formula is C14H36O12P2. The van der Waals surface area contributed by atoms with Crippen molar-refractivity contribution in [1.82, 2.24) is 0 Å². The van der Waals surface area contributed by atoms with Gasteiger partial charge in [0.25, 0.3) is 0 Å². The monoisotopic (exact) mass is 458 g/mol. The highest BCUT2D eigenvalue weighted by molar-refractivity contribution is 7.38. The van der Waals surface area contributed by atoms with Gasteiger partial charge in [0.1, 0.15) is 0 Å². The first-order chi connectivity index (χ1) is 12.9. The normalized spacial score (nSPS) is 14.7. The van der Waals surface area contributed by atoms with Gasteiger partial charge in [0.2, 0.25) is 0 Å². The topological polar surface area (TPSA) is 221 Å². The molecule has 0 saturated heterocycles. The smallest absolute Gasteiger partial charge is 0.324 e. The van der Waals surface area contributed by atoms with E-state index in [0.29, 0.717) is 6.61 Å². The fourth-order valence-electron chi connectivity index (χ4n) is 2.26. The van der Waals surface area contributed by atoms with Crippen molar-refractivity contribution in [3.63, 3.8) is 0 Å². The first-order valence-electron chi connectivity index (χ1n) is 8.43. The van der Waals surface area contributed by atoms with Crippen LogP contribution in [0.2, 0.25) is 0 Å². The van der Waals surface area contributed by atoms with E-state index in [1.54, 1.807) is 6.92 Å². The molecule has 10 N–H and O–H groups in total. The van der Waals surface area contributed by atoms with Crippen molar-refractivity contribution < 1.29 is 59.3 Å². The van der Waals surface area contributed by atoms with Gasteiger partial charge in [-0.05, 0) is 19.3 Å². The second-order valence-corrected chi connectivity index (χ2v) is 6.72. The molecule has 14 heteroatoms. The van der Waals surface area contributed by atoms with Crippen molar-refractivity contribution >= 4 is 17.2 Å². The van der Waals surface area contributed by atoms with Gasteiger partial charge in [0.05, 0.1) is 31.3 Å². The Morgan fingerprint density at radius 2 is 1.32 bits per heavy atom. The SMILES string of the molecule is CCCCOC(O)(CC)C(CO)(CO)C(O)CCOC.OP(O)O.OP(O)O.